The largest absolute Gasteiger partial charge is 0.376 e. The molecule has 4 nitrogen and oxygen atoms in total. The lowest BCUT2D eigenvalue weighted by atomic mass is 10.2. The summed E-state index contributed by atoms with van der Waals surface area (Å²) in [4.78, 5) is 4.26. The Morgan fingerprint density at radius 3 is 2.94 bits per heavy atom. The number of hydrogen-bond donors (Lipinski definition) is 2. The molecule has 86 valence electrons. The maximum atomic E-state index is 5.77. The molecule has 0 amide bonds. The van der Waals surface area contributed by atoms with Crippen LogP contribution in [0.4, 0.5) is 5.69 Å². The standard InChI is InChI=1S/C12H17N3O/c13-12(14-9-11-7-4-8-16-11)15-10-5-2-1-3-6-10/h1-3,5-6,11H,4,7-9H2,(H3,13,14,15)/t11-/m1/s1. The minimum absolute atomic E-state index is 0.246. The van der Waals surface area contributed by atoms with Gasteiger partial charge in [-0.2, -0.15) is 0 Å². The average Bonchev–Trinajstić information content (AvgIpc) is 2.81. The van der Waals surface area contributed by atoms with Crippen LogP contribution in [0.15, 0.2) is 35.3 Å². The molecule has 1 aromatic carbocycles. The second-order valence-corrected chi connectivity index (χ2v) is 3.85. The van der Waals surface area contributed by atoms with Crippen LogP contribution in [0.5, 0.6) is 0 Å². The number of nitrogens with two attached hydrogens (primary N) is 1. The number of anilines is 1. The number of rotatable bonds is 3. The molecule has 1 aromatic rings. The van der Waals surface area contributed by atoms with Crippen LogP contribution in [0.1, 0.15) is 12.8 Å². The minimum atomic E-state index is 0.246. The van der Waals surface area contributed by atoms with Crippen molar-refractivity contribution in [3.8, 4) is 0 Å². The summed E-state index contributed by atoms with van der Waals surface area (Å²) >= 11 is 0. The Morgan fingerprint density at radius 2 is 2.25 bits per heavy atom. The first-order valence-electron chi connectivity index (χ1n) is 5.58. The van der Waals surface area contributed by atoms with E-state index in [-0.39, 0.29) is 6.10 Å². The van der Waals surface area contributed by atoms with E-state index in [1.807, 2.05) is 30.3 Å². The molecule has 0 radical (unpaired) electrons. The monoisotopic (exact) mass is 219 g/mol. The zero-order valence-electron chi connectivity index (χ0n) is 9.23. The van der Waals surface area contributed by atoms with Gasteiger partial charge in [0.15, 0.2) is 5.96 Å². The molecule has 1 saturated heterocycles. The van der Waals surface area contributed by atoms with Crippen LogP contribution in [-0.2, 0) is 4.74 Å². The molecule has 1 aliphatic heterocycles. The molecule has 3 N–H and O–H groups in total. The van der Waals surface area contributed by atoms with Crippen molar-refractivity contribution in [3.63, 3.8) is 0 Å². The van der Waals surface area contributed by atoms with E-state index in [9.17, 15) is 0 Å². The molecule has 0 spiro atoms. The van der Waals surface area contributed by atoms with Crippen molar-refractivity contribution in [2.45, 2.75) is 18.9 Å². The molecule has 0 aromatic heterocycles. The van der Waals surface area contributed by atoms with E-state index < -0.39 is 0 Å². The molecule has 0 saturated carbocycles. The molecule has 16 heavy (non-hydrogen) atoms. The van der Waals surface area contributed by atoms with Gasteiger partial charge in [0.2, 0.25) is 0 Å². The fourth-order valence-corrected chi connectivity index (χ4v) is 1.70. The first-order valence-corrected chi connectivity index (χ1v) is 5.58. The van der Waals surface area contributed by atoms with Crippen molar-refractivity contribution in [1.82, 2.24) is 0 Å². The third-order valence-corrected chi connectivity index (χ3v) is 2.54. The number of guanidine groups is 1. The molecule has 1 heterocycles. The molecular weight excluding hydrogens is 202 g/mol. The van der Waals surface area contributed by atoms with Crippen LogP contribution in [0.25, 0.3) is 0 Å². The Labute approximate surface area is 95.5 Å². The second kappa shape index (κ2) is 5.51. The van der Waals surface area contributed by atoms with Crippen LogP contribution in [-0.4, -0.2) is 25.2 Å². The number of nitrogens with one attached hydrogen (secondary N) is 1. The van der Waals surface area contributed by atoms with E-state index in [2.05, 4.69) is 10.3 Å². The van der Waals surface area contributed by atoms with Gasteiger partial charge in [-0.05, 0) is 25.0 Å². The molecule has 0 aliphatic carbocycles. The lowest BCUT2D eigenvalue weighted by Crippen LogP contribution is -2.24. The van der Waals surface area contributed by atoms with Gasteiger partial charge in [0.1, 0.15) is 0 Å². The van der Waals surface area contributed by atoms with Crippen LogP contribution >= 0.6 is 0 Å². The predicted molar refractivity (Wildman–Crippen MR) is 65.5 cm³/mol. The number of benzene rings is 1. The van der Waals surface area contributed by atoms with Gasteiger partial charge in [-0.25, -0.2) is 0 Å². The van der Waals surface area contributed by atoms with Crippen LogP contribution in [0.2, 0.25) is 0 Å². The van der Waals surface area contributed by atoms with Crippen molar-refractivity contribution >= 4 is 11.6 Å². The van der Waals surface area contributed by atoms with Gasteiger partial charge >= 0.3 is 0 Å². The Kier molecular flexibility index (Phi) is 3.77. The molecule has 2 rings (SSSR count). The van der Waals surface area contributed by atoms with E-state index in [1.165, 1.54) is 0 Å². The summed E-state index contributed by atoms with van der Waals surface area (Å²) in [6.45, 7) is 1.50. The average molecular weight is 219 g/mol. The lowest BCUT2D eigenvalue weighted by Gasteiger charge is -2.08. The number of nitrogens with zero attached hydrogens (tertiary/aromatic N) is 1. The second-order valence-electron chi connectivity index (χ2n) is 3.85. The van der Waals surface area contributed by atoms with Crippen molar-refractivity contribution in [1.29, 1.82) is 0 Å². The summed E-state index contributed by atoms with van der Waals surface area (Å²) < 4.78 is 5.46. The molecule has 4 heteroatoms. The summed E-state index contributed by atoms with van der Waals surface area (Å²) in [5.74, 6) is 0.446. The van der Waals surface area contributed by atoms with E-state index in [0.717, 1.165) is 25.1 Å². The van der Waals surface area contributed by atoms with Crippen LogP contribution in [0, 0.1) is 0 Å². The SMILES string of the molecule is NC(=NC[C@H]1CCCO1)Nc1ccccc1. The van der Waals surface area contributed by atoms with Crippen molar-refractivity contribution in [2.24, 2.45) is 10.7 Å². The van der Waals surface area contributed by atoms with Crippen LogP contribution in [0.3, 0.4) is 0 Å². The maximum absolute atomic E-state index is 5.77. The van der Waals surface area contributed by atoms with Gasteiger partial charge in [0.05, 0.1) is 12.6 Å². The number of hydrogen-bond acceptors (Lipinski definition) is 2. The zero-order chi connectivity index (χ0) is 11.2. The Hall–Kier alpha value is -1.55. The highest BCUT2D eigenvalue weighted by atomic mass is 16.5. The molecule has 0 unspecified atom stereocenters. The Balaban J connectivity index is 1.82. The van der Waals surface area contributed by atoms with E-state index in [1.54, 1.807) is 0 Å². The van der Waals surface area contributed by atoms with Crippen molar-refractivity contribution < 1.29 is 4.74 Å². The minimum Gasteiger partial charge on any atom is -0.376 e. The normalized spacial score (nSPS) is 21.0. The first-order chi connectivity index (χ1) is 7.84. The maximum Gasteiger partial charge on any atom is 0.193 e. The topological polar surface area (TPSA) is 59.6 Å². The van der Waals surface area contributed by atoms with E-state index in [4.69, 9.17) is 10.5 Å². The van der Waals surface area contributed by atoms with Crippen LogP contribution < -0.4 is 11.1 Å². The van der Waals surface area contributed by atoms with Crippen molar-refractivity contribution in [3.05, 3.63) is 30.3 Å². The smallest absolute Gasteiger partial charge is 0.193 e. The Morgan fingerprint density at radius 1 is 1.44 bits per heavy atom. The summed E-state index contributed by atoms with van der Waals surface area (Å²) in [5, 5.41) is 3.04. The van der Waals surface area contributed by atoms with Gasteiger partial charge in [0.25, 0.3) is 0 Å². The van der Waals surface area contributed by atoms with Gasteiger partial charge in [-0.1, -0.05) is 18.2 Å². The van der Waals surface area contributed by atoms with Gasteiger partial charge < -0.3 is 15.8 Å². The molecular formula is C12H17N3O. The van der Waals surface area contributed by atoms with Crippen molar-refractivity contribution in [2.75, 3.05) is 18.5 Å². The fraction of sp³-hybridized carbons (Fsp3) is 0.417. The summed E-state index contributed by atoms with van der Waals surface area (Å²) in [7, 11) is 0. The number of para-hydroxylation sites is 1. The third-order valence-electron chi connectivity index (χ3n) is 2.54. The highest BCUT2D eigenvalue weighted by molar-refractivity contribution is 5.92. The van der Waals surface area contributed by atoms with E-state index in [0.29, 0.717) is 12.5 Å². The highest BCUT2D eigenvalue weighted by Gasteiger charge is 2.14. The number of aliphatic imine (C=N–C) groups is 1. The predicted octanol–water partition coefficient (Wildman–Crippen LogP) is 1.59. The lowest BCUT2D eigenvalue weighted by molar-refractivity contribution is 0.118. The molecule has 1 aliphatic rings. The van der Waals surface area contributed by atoms with Gasteiger partial charge in [-0.15, -0.1) is 0 Å². The third kappa shape index (κ3) is 3.24. The van der Waals surface area contributed by atoms with Gasteiger partial charge in [-0.3, -0.25) is 4.99 Å². The van der Waals surface area contributed by atoms with Gasteiger partial charge in [0, 0.05) is 12.3 Å². The van der Waals surface area contributed by atoms with E-state index >= 15 is 0 Å². The summed E-state index contributed by atoms with van der Waals surface area (Å²) in [6, 6.07) is 9.78. The molecule has 1 atom stereocenters. The zero-order valence-corrected chi connectivity index (χ0v) is 9.23. The molecule has 1 fully saturated rings. The summed E-state index contributed by atoms with van der Waals surface area (Å²) in [5.41, 5.74) is 6.72. The highest BCUT2D eigenvalue weighted by Crippen LogP contribution is 2.12. The fourth-order valence-electron chi connectivity index (χ4n) is 1.70. The molecule has 0 bridgehead atoms. The number of ether oxygens (including phenoxy) is 1. The first kappa shape index (κ1) is 11.0. The summed E-state index contributed by atoms with van der Waals surface area (Å²) in [6.07, 6.45) is 2.46. The Bertz CT molecular complexity index is 345. The quantitative estimate of drug-likeness (QED) is 0.599.